The first-order valence-electron chi connectivity index (χ1n) is 7.21. The summed E-state index contributed by atoms with van der Waals surface area (Å²) in [5.41, 5.74) is 2.14. The second kappa shape index (κ2) is 6.33. The maximum Gasteiger partial charge on any atom is 0.123 e. The normalized spacial score (nSPS) is 18.8. The fraction of sp³-hybridized carbons (Fsp3) is 0.625. The molecule has 0 aromatic heterocycles. The SMILES string of the molecule is CCNC(c1cc(C)cc(F)c1)C1CCCCC1. The summed E-state index contributed by atoms with van der Waals surface area (Å²) < 4.78 is 13.6. The van der Waals surface area contributed by atoms with Crippen LogP contribution < -0.4 is 5.32 Å². The van der Waals surface area contributed by atoms with Gasteiger partial charge >= 0.3 is 0 Å². The van der Waals surface area contributed by atoms with Crippen molar-refractivity contribution in [2.24, 2.45) is 5.92 Å². The first-order chi connectivity index (χ1) is 8.70. The molecule has 1 N–H and O–H groups in total. The number of aryl methyl sites for hydroxylation is 1. The van der Waals surface area contributed by atoms with Gasteiger partial charge in [0.25, 0.3) is 0 Å². The predicted molar refractivity (Wildman–Crippen MR) is 74.1 cm³/mol. The minimum atomic E-state index is -0.108. The van der Waals surface area contributed by atoms with E-state index < -0.39 is 0 Å². The van der Waals surface area contributed by atoms with Crippen molar-refractivity contribution in [3.63, 3.8) is 0 Å². The van der Waals surface area contributed by atoms with E-state index in [-0.39, 0.29) is 5.82 Å². The molecule has 1 aliphatic rings. The van der Waals surface area contributed by atoms with Gasteiger partial charge in [0.15, 0.2) is 0 Å². The lowest BCUT2D eigenvalue weighted by molar-refractivity contribution is 0.274. The van der Waals surface area contributed by atoms with Crippen molar-refractivity contribution in [2.75, 3.05) is 6.54 Å². The Hall–Kier alpha value is -0.890. The minimum absolute atomic E-state index is 0.108. The highest BCUT2D eigenvalue weighted by molar-refractivity contribution is 5.27. The fourth-order valence-corrected chi connectivity index (χ4v) is 3.19. The molecular weight excluding hydrogens is 225 g/mol. The van der Waals surface area contributed by atoms with Gasteiger partial charge in [0.1, 0.15) is 5.82 Å². The molecule has 0 bridgehead atoms. The van der Waals surface area contributed by atoms with Crippen molar-refractivity contribution >= 4 is 0 Å². The highest BCUT2D eigenvalue weighted by Crippen LogP contribution is 2.34. The molecule has 0 saturated heterocycles. The van der Waals surface area contributed by atoms with Crippen molar-refractivity contribution in [3.05, 3.63) is 35.1 Å². The Balaban J connectivity index is 2.22. The van der Waals surface area contributed by atoms with Crippen molar-refractivity contribution < 1.29 is 4.39 Å². The average Bonchev–Trinajstić information content (AvgIpc) is 2.36. The van der Waals surface area contributed by atoms with Crippen LogP contribution in [0.1, 0.15) is 56.2 Å². The lowest BCUT2D eigenvalue weighted by Crippen LogP contribution is -2.29. The van der Waals surface area contributed by atoms with Crippen LogP contribution in [0.4, 0.5) is 4.39 Å². The fourth-order valence-electron chi connectivity index (χ4n) is 3.19. The van der Waals surface area contributed by atoms with Crippen LogP contribution in [0.15, 0.2) is 18.2 Å². The van der Waals surface area contributed by atoms with Gasteiger partial charge in [-0.2, -0.15) is 0 Å². The Morgan fingerprint density at radius 2 is 1.94 bits per heavy atom. The first-order valence-corrected chi connectivity index (χ1v) is 7.21. The first kappa shape index (κ1) is 13.5. The summed E-state index contributed by atoms with van der Waals surface area (Å²) in [4.78, 5) is 0. The minimum Gasteiger partial charge on any atom is -0.310 e. The predicted octanol–water partition coefficient (Wildman–Crippen LogP) is 4.37. The molecule has 0 spiro atoms. The zero-order valence-corrected chi connectivity index (χ0v) is 11.5. The lowest BCUT2D eigenvalue weighted by Gasteiger charge is -2.31. The molecule has 1 atom stereocenters. The van der Waals surface area contributed by atoms with E-state index in [9.17, 15) is 4.39 Å². The smallest absolute Gasteiger partial charge is 0.123 e. The standard InChI is InChI=1S/C16H24FN/c1-3-18-16(13-7-5-4-6-8-13)14-9-12(2)10-15(17)11-14/h9-11,13,16,18H,3-8H2,1-2H3. The van der Waals surface area contributed by atoms with E-state index in [1.54, 1.807) is 12.1 Å². The second-order valence-electron chi connectivity index (χ2n) is 5.50. The molecule has 1 nitrogen and oxygen atoms in total. The summed E-state index contributed by atoms with van der Waals surface area (Å²) in [5, 5.41) is 3.56. The Morgan fingerprint density at radius 3 is 2.56 bits per heavy atom. The van der Waals surface area contributed by atoms with Crippen LogP contribution in [-0.2, 0) is 0 Å². The molecule has 0 aliphatic heterocycles. The average molecular weight is 249 g/mol. The molecule has 0 amide bonds. The van der Waals surface area contributed by atoms with E-state index in [0.717, 1.165) is 17.7 Å². The molecular formula is C16H24FN. The number of halogens is 1. The number of hydrogen-bond donors (Lipinski definition) is 1. The molecule has 1 fully saturated rings. The van der Waals surface area contributed by atoms with Gasteiger partial charge < -0.3 is 5.32 Å². The molecule has 0 radical (unpaired) electrons. The molecule has 1 saturated carbocycles. The molecule has 1 aromatic rings. The third-order valence-electron chi connectivity index (χ3n) is 3.97. The molecule has 2 heteroatoms. The van der Waals surface area contributed by atoms with Gasteiger partial charge in [0.2, 0.25) is 0 Å². The number of nitrogens with one attached hydrogen (secondary N) is 1. The summed E-state index contributed by atoms with van der Waals surface area (Å²) in [5.74, 6) is 0.559. The largest absolute Gasteiger partial charge is 0.310 e. The van der Waals surface area contributed by atoms with Gasteiger partial charge in [0.05, 0.1) is 0 Å². The number of hydrogen-bond acceptors (Lipinski definition) is 1. The third kappa shape index (κ3) is 3.32. The van der Waals surface area contributed by atoms with Crippen molar-refractivity contribution in [3.8, 4) is 0 Å². The summed E-state index contributed by atoms with van der Waals surface area (Å²) >= 11 is 0. The summed E-state index contributed by atoms with van der Waals surface area (Å²) in [7, 11) is 0. The highest BCUT2D eigenvalue weighted by atomic mass is 19.1. The number of rotatable bonds is 4. The molecule has 0 heterocycles. The van der Waals surface area contributed by atoms with Crippen LogP contribution in [0.25, 0.3) is 0 Å². The van der Waals surface area contributed by atoms with E-state index in [2.05, 4.69) is 18.3 Å². The topological polar surface area (TPSA) is 12.0 Å². The highest BCUT2D eigenvalue weighted by Gasteiger charge is 2.24. The van der Waals surface area contributed by atoms with Gasteiger partial charge in [0, 0.05) is 6.04 Å². The van der Waals surface area contributed by atoms with Crippen LogP contribution in [-0.4, -0.2) is 6.54 Å². The van der Waals surface area contributed by atoms with E-state index in [0.29, 0.717) is 12.0 Å². The molecule has 1 unspecified atom stereocenters. The van der Waals surface area contributed by atoms with Gasteiger partial charge in [-0.25, -0.2) is 4.39 Å². The Morgan fingerprint density at radius 1 is 1.22 bits per heavy atom. The van der Waals surface area contributed by atoms with Crippen molar-refractivity contribution in [1.82, 2.24) is 5.32 Å². The monoisotopic (exact) mass is 249 g/mol. The Labute approximate surface area is 110 Å². The molecule has 18 heavy (non-hydrogen) atoms. The maximum atomic E-state index is 13.6. The summed E-state index contributed by atoms with van der Waals surface area (Å²) in [6, 6.07) is 5.76. The quantitative estimate of drug-likeness (QED) is 0.835. The molecule has 100 valence electrons. The van der Waals surface area contributed by atoms with Crippen LogP contribution >= 0.6 is 0 Å². The van der Waals surface area contributed by atoms with Crippen LogP contribution in [0.5, 0.6) is 0 Å². The van der Waals surface area contributed by atoms with Gasteiger partial charge in [-0.3, -0.25) is 0 Å². The lowest BCUT2D eigenvalue weighted by atomic mass is 9.81. The number of benzene rings is 1. The maximum absolute atomic E-state index is 13.6. The van der Waals surface area contributed by atoms with E-state index in [1.807, 2.05) is 6.92 Å². The van der Waals surface area contributed by atoms with Crippen molar-refractivity contribution in [2.45, 2.75) is 52.0 Å². The molecule has 1 aliphatic carbocycles. The van der Waals surface area contributed by atoms with Gasteiger partial charge in [-0.15, -0.1) is 0 Å². The molecule has 1 aromatic carbocycles. The van der Waals surface area contributed by atoms with Crippen molar-refractivity contribution in [1.29, 1.82) is 0 Å². The third-order valence-corrected chi connectivity index (χ3v) is 3.97. The van der Waals surface area contributed by atoms with Crippen LogP contribution in [0.2, 0.25) is 0 Å². The zero-order valence-electron chi connectivity index (χ0n) is 11.5. The Kier molecular flexibility index (Phi) is 4.76. The van der Waals surface area contributed by atoms with E-state index >= 15 is 0 Å². The van der Waals surface area contributed by atoms with Gasteiger partial charge in [-0.05, 0) is 55.5 Å². The summed E-state index contributed by atoms with van der Waals surface area (Å²) in [6.45, 7) is 5.04. The Bertz CT molecular complexity index is 362. The zero-order chi connectivity index (χ0) is 13.0. The second-order valence-corrected chi connectivity index (χ2v) is 5.50. The van der Waals surface area contributed by atoms with Gasteiger partial charge in [-0.1, -0.05) is 32.3 Å². The molecule has 2 rings (SSSR count). The van der Waals surface area contributed by atoms with E-state index in [4.69, 9.17) is 0 Å². The van der Waals surface area contributed by atoms with Crippen LogP contribution in [0.3, 0.4) is 0 Å². The van der Waals surface area contributed by atoms with E-state index in [1.165, 1.54) is 32.1 Å². The van der Waals surface area contributed by atoms with Crippen LogP contribution in [0, 0.1) is 18.7 Å². The summed E-state index contributed by atoms with van der Waals surface area (Å²) in [6.07, 6.45) is 6.54.